The lowest BCUT2D eigenvalue weighted by Gasteiger charge is -2.36. The maximum atomic E-state index is 6.09. The topological polar surface area (TPSA) is 38.0 Å². The molecule has 2 heteroatoms. The Hall–Kier alpha value is -0.0800. The first-order valence-electron chi connectivity index (χ1n) is 6.52. The highest BCUT2D eigenvalue weighted by atomic mass is 15.0. The lowest BCUT2D eigenvalue weighted by atomic mass is 9.83. The summed E-state index contributed by atoms with van der Waals surface area (Å²) in [6, 6.07) is 0.323. The summed E-state index contributed by atoms with van der Waals surface area (Å²) in [6.07, 6.45) is 7.94. The van der Waals surface area contributed by atoms with Crippen LogP contribution in [0.4, 0.5) is 0 Å². The molecule has 0 aliphatic heterocycles. The molecule has 15 heavy (non-hydrogen) atoms. The molecule has 0 amide bonds. The van der Waals surface area contributed by atoms with E-state index in [9.17, 15) is 0 Å². The van der Waals surface area contributed by atoms with Crippen molar-refractivity contribution in [2.24, 2.45) is 11.7 Å². The molecule has 1 rings (SSSR count). The average molecular weight is 212 g/mol. The molecule has 3 N–H and O–H groups in total. The Bertz CT molecular complexity index is 171. The highest BCUT2D eigenvalue weighted by molar-refractivity contribution is 4.87. The highest BCUT2D eigenvalue weighted by Crippen LogP contribution is 2.27. The van der Waals surface area contributed by atoms with Crippen molar-refractivity contribution in [3.05, 3.63) is 0 Å². The average Bonchev–Trinajstić information content (AvgIpc) is 2.15. The maximum absolute atomic E-state index is 6.09. The van der Waals surface area contributed by atoms with E-state index in [0.717, 1.165) is 13.0 Å². The molecular formula is C13H28N2. The molecule has 0 bridgehead atoms. The predicted molar refractivity (Wildman–Crippen MR) is 66.9 cm³/mol. The van der Waals surface area contributed by atoms with Crippen molar-refractivity contribution >= 4 is 0 Å². The van der Waals surface area contributed by atoms with Crippen molar-refractivity contribution in [2.45, 2.75) is 70.9 Å². The van der Waals surface area contributed by atoms with Crippen LogP contribution >= 0.6 is 0 Å². The maximum Gasteiger partial charge on any atom is 0.0167 e. The molecule has 0 aromatic rings. The molecule has 2 nitrogen and oxygen atoms in total. The van der Waals surface area contributed by atoms with E-state index < -0.39 is 0 Å². The minimum Gasteiger partial charge on any atom is -0.327 e. The molecule has 0 saturated heterocycles. The molecule has 1 atom stereocenters. The zero-order valence-corrected chi connectivity index (χ0v) is 10.7. The van der Waals surface area contributed by atoms with Gasteiger partial charge in [-0.1, -0.05) is 33.1 Å². The Balaban J connectivity index is 2.22. The molecule has 0 aromatic heterocycles. The van der Waals surface area contributed by atoms with Crippen molar-refractivity contribution in [3.63, 3.8) is 0 Å². The van der Waals surface area contributed by atoms with E-state index in [4.69, 9.17) is 5.73 Å². The van der Waals surface area contributed by atoms with Gasteiger partial charge in [-0.25, -0.2) is 0 Å². The largest absolute Gasteiger partial charge is 0.327 e. The van der Waals surface area contributed by atoms with Crippen LogP contribution in [-0.2, 0) is 0 Å². The van der Waals surface area contributed by atoms with Gasteiger partial charge in [-0.15, -0.1) is 0 Å². The minimum atomic E-state index is 0.323. The molecule has 90 valence electrons. The lowest BCUT2D eigenvalue weighted by Crippen LogP contribution is -2.49. The predicted octanol–water partition coefficient (Wildman–Crippen LogP) is 2.67. The molecule has 0 spiro atoms. The molecular weight excluding hydrogens is 184 g/mol. The summed E-state index contributed by atoms with van der Waals surface area (Å²) in [5, 5.41) is 3.68. The fourth-order valence-corrected chi connectivity index (χ4v) is 2.58. The molecule has 1 aliphatic rings. The molecule has 1 fully saturated rings. The minimum absolute atomic E-state index is 0.323. The van der Waals surface area contributed by atoms with Crippen LogP contribution in [0.15, 0.2) is 0 Å². The van der Waals surface area contributed by atoms with Crippen molar-refractivity contribution < 1.29 is 0 Å². The van der Waals surface area contributed by atoms with Crippen LogP contribution in [0.1, 0.15) is 59.3 Å². The Labute approximate surface area is 95.0 Å². The van der Waals surface area contributed by atoms with Crippen molar-refractivity contribution in [3.8, 4) is 0 Å². The normalized spacial score (nSPS) is 23.0. The first kappa shape index (κ1) is 13.0. The second-order valence-corrected chi connectivity index (χ2v) is 5.89. The monoisotopic (exact) mass is 212 g/mol. The van der Waals surface area contributed by atoms with Gasteiger partial charge in [0.1, 0.15) is 0 Å². The van der Waals surface area contributed by atoms with E-state index in [0.29, 0.717) is 17.5 Å². The molecule has 0 heterocycles. The van der Waals surface area contributed by atoms with Crippen molar-refractivity contribution in [1.82, 2.24) is 5.32 Å². The number of hydrogen-bond acceptors (Lipinski definition) is 2. The summed E-state index contributed by atoms with van der Waals surface area (Å²) in [4.78, 5) is 0. The van der Waals surface area contributed by atoms with Crippen LogP contribution in [-0.4, -0.2) is 18.1 Å². The quantitative estimate of drug-likeness (QED) is 0.735. The number of hydrogen-bond donors (Lipinski definition) is 2. The van der Waals surface area contributed by atoms with E-state index in [1.807, 2.05) is 0 Å². The van der Waals surface area contributed by atoms with Gasteiger partial charge >= 0.3 is 0 Å². The van der Waals surface area contributed by atoms with Gasteiger partial charge in [0.05, 0.1) is 0 Å². The first-order chi connectivity index (χ1) is 7.02. The van der Waals surface area contributed by atoms with Crippen LogP contribution in [0.3, 0.4) is 0 Å². The van der Waals surface area contributed by atoms with Crippen LogP contribution in [0.25, 0.3) is 0 Å². The Morgan fingerprint density at radius 1 is 1.20 bits per heavy atom. The van der Waals surface area contributed by atoms with Crippen LogP contribution in [0.5, 0.6) is 0 Å². The van der Waals surface area contributed by atoms with Crippen LogP contribution in [0.2, 0.25) is 0 Å². The van der Waals surface area contributed by atoms with Gasteiger partial charge in [0, 0.05) is 18.1 Å². The van der Waals surface area contributed by atoms with Crippen LogP contribution in [0, 0.1) is 5.92 Å². The summed E-state index contributed by atoms with van der Waals surface area (Å²) < 4.78 is 0. The van der Waals surface area contributed by atoms with E-state index >= 15 is 0 Å². The van der Waals surface area contributed by atoms with Gasteiger partial charge in [-0.3, -0.25) is 0 Å². The first-order valence-corrected chi connectivity index (χ1v) is 6.52. The second kappa shape index (κ2) is 5.86. The van der Waals surface area contributed by atoms with Gasteiger partial charge in [0.15, 0.2) is 0 Å². The van der Waals surface area contributed by atoms with Crippen molar-refractivity contribution in [1.29, 1.82) is 0 Å². The van der Waals surface area contributed by atoms with E-state index in [-0.39, 0.29) is 0 Å². The lowest BCUT2D eigenvalue weighted by molar-refractivity contribution is 0.246. The number of nitrogens with one attached hydrogen (secondary N) is 1. The third kappa shape index (κ3) is 4.98. The zero-order chi connectivity index (χ0) is 11.3. The van der Waals surface area contributed by atoms with Gasteiger partial charge in [0.25, 0.3) is 0 Å². The second-order valence-electron chi connectivity index (χ2n) is 5.89. The Morgan fingerprint density at radius 2 is 1.80 bits per heavy atom. The SMILES string of the molecule is CC(C)CC(N)CNC1(C)CCCCC1. The van der Waals surface area contributed by atoms with Gasteiger partial charge in [-0.2, -0.15) is 0 Å². The van der Waals surface area contributed by atoms with Gasteiger partial charge < -0.3 is 11.1 Å². The standard InChI is InChI=1S/C13H28N2/c1-11(2)9-12(14)10-15-13(3)7-5-4-6-8-13/h11-12,15H,4-10,14H2,1-3H3. The summed E-state index contributed by atoms with van der Waals surface area (Å²) in [6.45, 7) is 7.81. The summed E-state index contributed by atoms with van der Waals surface area (Å²) >= 11 is 0. The highest BCUT2D eigenvalue weighted by Gasteiger charge is 2.26. The van der Waals surface area contributed by atoms with Gasteiger partial charge in [0.2, 0.25) is 0 Å². The molecule has 1 aliphatic carbocycles. The number of rotatable bonds is 5. The van der Waals surface area contributed by atoms with Crippen molar-refractivity contribution in [2.75, 3.05) is 6.54 Å². The molecule has 1 saturated carbocycles. The fourth-order valence-electron chi connectivity index (χ4n) is 2.58. The molecule has 0 aromatic carbocycles. The molecule has 0 radical (unpaired) electrons. The Morgan fingerprint density at radius 3 is 2.33 bits per heavy atom. The third-order valence-electron chi connectivity index (χ3n) is 3.52. The van der Waals surface area contributed by atoms with Gasteiger partial charge in [-0.05, 0) is 32.1 Å². The molecule has 1 unspecified atom stereocenters. The summed E-state index contributed by atoms with van der Waals surface area (Å²) in [5.41, 5.74) is 6.46. The zero-order valence-electron chi connectivity index (χ0n) is 10.7. The van der Waals surface area contributed by atoms with E-state index in [2.05, 4.69) is 26.1 Å². The van der Waals surface area contributed by atoms with Crippen LogP contribution < -0.4 is 11.1 Å². The van der Waals surface area contributed by atoms with E-state index in [1.165, 1.54) is 32.1 Å². The van der Waals surface area contributed by atoms with E-state index in [1.54, 1.807) is 0 Å². The Kier molecular flexibility index (Phi) is 5.07. The third-order valence-corrected chi connectivity index (χ3v) is 3.52. The summed E-state index contributed by atoms with van der Waals surface area (Å²) in [7, 11) is 0. The fraction of sp³-hybridized carbons (Fsp3) is 1.00. The smallest absolute Gasteiger partial charge is 0.0167 e. The number of nitrogens with two attached hydrogens (primary N) is 1. The summed E-state index contributed by atoms with van der Waals surface area (Å²) in [5.74, 6) is 0.709.